The molecule has 0 saturated carbocycles. The first-order valence-electron chi connectivity index (χ1n) is 4.65. The van der Waals surface area contributed by atoms with E-state index in [0.717, 1.165) is 0 Å². The molecule has 0 aliphatic carbocycles. The third-order valence-electron chi connectivity index (χ3n) is 1.00. The first-order valence-corrected chi connectivity index (χ1v) is 4.65. The van der Waals surface area contributed by atoms with Crippen molar-refractivity contribution in [1.29, 1.82) is 0 Å². The zero-order chi connectivity index (χ0) is 12.1. The molecule has 5 heteroatoms. The third kappa shape index (κ3) is 24.7. The summed E-state index contributed by atoms with van der Waals surface area (Å²) in [4.78, 5) is 0. The average molecular weight is 220 g/mol. The monoisotopic (exact) mass is 220 g/mol. The van der Waals surface area contributed by atoms with Gasteiger partial charge in [0, 0.05) is 0 Å². The van der Waals surface area contributed by atoms with Gasteiger partial charge in [-0.25, -0.2) is 0 Å². The number of rotatable bonds is 4. The molecule has 2 atom stereocenters. The molecule has 0 aromatic rings. The minimum atomic E-state index is -0.441. The smallest absolute Gasteiger partial charge is 0.104 e. The van der Waals surface area contributed by atoms with Crippen LogP contribution < -0.4 is 0 Å². The molecule has 90 valence electrons. The molecule has 0 spiro atoms. The molecule has 0 aliphatic rings. The Morgan fingerprint density at radius 2 is 1.27 bits per heavy atom. The summed E-state index contributed by atoms with van der Waals surface area (Å²) in [5.41, 5.74) is 0. The van der Waals surface area contributed by atoms with Crippen molar-refractivity contribution in [2.45, 2.75) is 26.1 Å². The molecular formula is C10H20O5. The van der Waals surface area contributed by atoms with E-state index in [9.17, 15) is 0 Å². The van der Waals surface area contributed by atoms with Gasteiger partial charge in [0.1, 0.15) is 13.2 Å². The highest BCUT2D eigenvalue weighted by Crippen LogP contribution is 1.85. The van der Waals surface area contributed by atoms with E-state index < -0.39 is 12.2 Å². The second-order valence-corrected chi connectivity index (χ2v) is 2.91. The predicted octanol–water partition coefficient (Wildman–Crippen LogP) is -1.26. The zero-order valence-corrected chi connectivity index (χ0v) is 9.18. The second kappa shape index (κ2) is 13.4. The lowest BCUT2D eigenvalue weighted by Gasteiger charge is -2.06. The highest BCUT2D eigenvalue weighted by atomic mass is 16.5. The van der Waals surface area contributed by atoms with E-state index in [1.54, 1.807) is 13.8 Å². The molecule has 0 rings (SSSR count). The number of hydrogen-bond acceptors (Lipinski definition) is 5. The molecule has 0 heterocycles. The predicted molar refractivity (Wildman–Crippen MR) is 56.1 cm³/mol. The van der Waals surface area contributed by atoms with Gasteiger partial charge >= 0.3 is 0 Å². The fourth-order valence-electron chi connectivity index (χ4n) is 0.521. The topological polar surface area (TPSA) is 90.2 Å². The second-order valence-electron chi connectivity index (χ2n) is 2.91. The molecule has 0 saturated heterocycles. The van der Waals surface area contributed by atoms with Gasteiger partial charge in [0.05, 0.1) is 25.4 Å². The van der Waals surface area contributed by atoms with Gasteiger partial charge in [-0.2, -0.15) is 0 Å². The minimum Gasteiger partial charge on any atom is -0.391 e. The summed E-state index contributed by atoms with van der Waals surface area (Å²) in [5.74, 6) is 4.51. The molecule has 0 aliphatic heterocycles. The average Bonchev–Trinajstić information content (AvgIpc) is 2.14. The lowest BCUT2D eigenvalue weighted by atomic mass is 10.4. The van der Waals surface area contributed by atoms with Crippen LogP contribution in [0.15, 0.2) is 0 Å². The Bertz CT molecular complexity index is 152. The lowest BCUT2D eigenvalue weighted by Crippen LogP contribution is -2.16. The molecular weight excluding hydrogens is 200 g/mol. The molecule has 0 amide bonds. The van der Waals surface area contributed by atoms with Gasteiger partial charge in [0.25, 0.3) is 0 Å². The van der Waals surface area contributed by atoms with Crippen LogP contribution in [0, 0.1) is 11.8 Å². The van der Waals surface area contributed by atoms with Crippen LogP contribution in [0.3, 0.4) is 0 Å². The van der Waals surface area contributed by atoms with Crippen molar-refractivity contribution in [3.63, 3.8) is 0 Å². The van der Waals surface area contributed by atoms with Gasteiger partial charge < -0.3 is 25.2 Å². The first kappa shape index (κ1) is 16.8. The van der Waals surface area contributed by atoms with Crippen molar-refractivity contribution in [3.05, 3.63) is 0 Å². The largest absolute Gasteiger partial charge is 0.391 e. The summed E-state index contributed by atoms with van der Waals surface area (Å²) in [6.07, 6.45) is -0.882. The minimum absolute atomic E-state index is 0.166. The van der Waals surface area contributed by atoms with Gasteiger partial charge in [-0.1, -0.05) is 11.8 Å². The quantitative estimate of drug-likeness (QED) is 0.444. The van der Waals surface area contributed by atoms with Crippen LogP contribution >= 0.6 is 0 Å². The van der Waals surface area contributed by atoms with Crippen molar-refractivity contribution in [3.8, 4) is 11.8 Å². The van der Waals surface area contributed by atoms with Crippen molar-refractivity contribution in [2.24, 2.45) is 0 Å². The van der Waals surface area contributed by atoms with Gasteiger partial charge in [-0.3, -0.25) is 0 Å². The fraction of sp³-hybridized carbons (Fsp3) is 0.800. The Hall–Kier alpha value is -0.640. The maximum Gasteiger partial charge on any atom is 0.104 e. The van der Waals surface area contributed by atoms with Crippen molar-refractivity contribution in [2.75, 3.05) is 26.4 Å². The highest BCUT2D eigenvalue weighted by Gasteiger charge is 1.97. The van der Waals surface area contributed by atoms with Gasteiger partial charge in [-0.05, 0) is 13.8 Å². The van der Waals surface area contributed by atoms with Gasteiger partial charge in [-0.15, -0.1) is 0 Å². The lowest BCUT2D eigenvalue weighted by molar-refractivity contribution is 0.00392. The maximum absolute atomic E-state index is 8.66. The van der Waals surface area contributed by atoms with Crippen LogP contribution in [0.25, 0.3) is 0 Å². The molecule has 0 aromatic heterocycles. The molecule has 0 bridgehead atoms. The first-order chi connectivity index (χ1) is 7.04. The van der Waals surface area contributed by atoms with Crippen molar-refractivity contribution < 1.29 is 25.2 Å². The highest BCUT2D eigenvalue weighted by molar-refractivity contribution is 4.97. The number of hydrogen-bond donors (Lipinski definition) is 4. The van der Waals surface area contributed by atoms with Crippen LogP contribution in [0.4, 0.5) is 0 Å². The Morgan fingerprint density at radius 1 is 0.933 bits per heavy atom. The van der Waals surface area contributed by atoms with Crippen LogP contribution in [0.1, 0.15) is 13.8 Å². The Balaban J connectivity index is 0. The SMILES string of the molecule is CC(O)COCC(C)O.OCC#CCO. The Kier molecular flexibility index (Phi) is 14.9. The van der Waals surface area contributed by atoms with Crippen LogP contribution in [-0.4, -0.2) is 59.1 Å². The Labute approximate surface area is 90.3 Å². The maximum atomic E-state index is 8.66. The number of ether oxygens (including phenoxy) is 1. The molecule has 0 radical (unpaired) electrons. The molecule has 2 unspecified atom stereocenters. The third-order valence-corrected chi connectivity index (χ3v) is 1.00. The zero-order valence-electron chi connectivity index (χ0n) is 9.18. The van der Waals surface area contributed by atoms with E-state index >= 15 is 0 Å². The Morgan fingerprint density at radius 3 is 1.47 bits per heavy atom. The normalized spacial score (nSPS) is 12.9. The fourth-order valence-corrected chi connectivity index (χ4v) is 0.521. The van der Waals surface area contributed by atoms with E-state index in [0.29, 0.717) is 13.2 Å². The molecule has 4 N–H and O–H groups in total. The molecule has 0 fully saturated rings. The molecule has 5 nitrogen and oxygen atoms in total. The summed E-state index contributed by atoms with van der Waals surface area (Å²) in [6.45, 7) is 3.54. The molecule has 15 heavy (non-hydrogen) atoms. The van der Waals surface area contributed by atoms with E-state index in [-0.39, 0.29) is 13.2 Å². The van der Waals surface area contributed by atoms with Crippen molar-refractivity contribution in [1.82, 2.24) is 0 Å². The number of aliphatic hydroxyl groups is 4. The standard InChI is InChI=1S/C6H14O3.C4H6O2/c1-5(7)3-9-4-6(2)8;5-3-1-2-4-6/h5-8H,3-4H2,1-2H3;5-6H,3-4H2. The van der Waals surface area contributed by atoms with E-state index in [1.807, 2.05) is 0 Å². The van der Waals surface area contributed by atoms with Gasteiger partial charge in [0.2, 0.25) is 0 Å². The summed E-state index contributed by atoms with van der Waals surface area (Å²) >= 11 is 0. The van der Waals surface area contributed by atoms with Crippen LogP contribution in [0.2, 0.25) is 0 Å². The number of aliphatic hydroxyl groups excluding tert-OH is 4. The van der Waals surface area contributed by atoms with E-state index in [4.69, 9.17) is 25.2 Å². The van der Waals surface area contributed by atoms with Crippen LogP contribution in [-0.2, 0) is 4.74 Å². The van der Waals surface area contributed by atoms with E-state index in [1.165, 1.54) is 0 Å². The summed E-state index contributed by atoms with van der Waals surface area (Å²) in [5, 5.41) is 33.1. The van der Waals surface area contributed by atoms with Crippen LogP contribution in [0.5, 0.6) is 0 Å². The molecule has 0 aromatic carbocycles. The summed E-state index contributed by atoms with van der Waals surface area (Å²) in [6, 6.07) is 0. The summed E-state index contributed by atoms with van der Waals surface area (Å²) in [7, 11) is 0. The van der Waals surface area contributed by atoms with Gasteiger partial charge in [0.15, 0.2) is 0 Å². The van der Waals surface area contributed by atoms with E-state index in [2.05, 4.69) is 11.8 Å². The van der Waals surface area contributed by atoms with Crippen molar-refractivity contribution >= 4 is 0 Å². The summed E-state index contributed by atoms with van der Waals surface area (Å²) < 4.78 is 4.86.